The molecule has 0 radical (unpaired) electrons. The second kappa shape index (κ2) is 5.81. The molecule has 0 fully saturated rings. The summed E-state index contributed by atoms with van der Waals surface area (Å²) in [6.07, 6.45) is 0. The highest BCUT2D eigenvalue weighted by Gasteiger charge is 2.20. The molecule has 3 rings (SSSR count). The zero-order valence-corrected chi connectivity index (χ0v) is 12.1. The van der Waals surface area contributed by atoms with Crippen molar-refractivity contribution in [2.75, 3.05) is 0 Å². The van der Waals surface area contributed by atoms with Gasteiger partial charge in [0, 0.05) is 5.56 Å². The number of carboxylic acids is 1. The Morgan fingerprint density at radius 3 is 2.45 bits per heavy atom. The molecule has 5 heteroatoms. The highest BCUT2D eigenvalue weighted by atomic mass is 16.4. The van der Waals surface area contributed by atoms with Crippen LogP contribution in [-0.4, -0.2) is 26.1 Å². The van der Waals surface area contributed by atoms with E-state index in [4.69, 9.17) is 0 Å². The van der Waals surface area contributed by atoms with Gasteiger partial charge in [0.2, 0.25) is 0 Å². The van der Waals surface area contributed by atoms with Crippen LogP contribution in [0.2, 0.25) is 0 Å². The lowest BCUT2D eigenvalue weighted by atomic mass is 10.1. The third kappa shape index (κ3) is 2.61. The van der Waals surface area contributed by atoms with Gasteiger partial charge in [-0.25, -0.2) is 9.48 Å². The first-order valence-electron chi connectivity index (χ1n) is 6.93. The number of aromatic nitrogens is 3. The molecule has 0 saturated carbocycles. The van der Waals surface area contributed by atoms with E-state index in [0.717, 1.165) is 16.7 Å². The molecule has 0 bridgehead atoms. The fourth-order valence-corrected chi connectivity index (χ4v) is 2.40. The van der Waals surface area contributed by atoms with E-state index in [2.05, 4.69) is 10.3 Å². The quantitative estimate of drug-likeness (QED) is 0.803. The average molecular weight is 293 g/mol. The summed E-state index contributed by atoms with van der Waals surface area (Å²) in [5.41, 5.74) is 3.50. The van der Waals surface area contributed by atoms with Gasteiger partial charge in [-0.2, -0.15) is 0 Å². The average Bonchev–Trinajstić information content (AvgIpc) is 2.94. The van der Waals surface area contributed by atoms with E-state index in [9.17, 15) is 9.90 Å². The van der Waals surface area contributed by atoms with Crippen molar-refractivity contribution >= 4 is 5.97 Å². The molecule has 1 aromatic heterocycles. The maximum atomic E-state index is 11.4. The number of carboxylic acid groups (broad SMARTS) is 1. The molecule has 0 atom stereocenters. The topological polar surface area (TPSA) is 68.0 Å². The molecule has 0 saturated heterocycles. The Morgan fingerprint density at radius 1 is 1.09 bits per heavy atom. The Bertz CT molecular complexity index is 810. The Kier molecular flexibility index (Phi) is 3.70. The first-order chi connectivity index (χ1) is 10.7. The summed E-state index contributed by atoms with van der Waals surface area (Å²) in [4.78, 5) is 11.4. The molecule has 1 heterocycles. The number of hydrogen-bond acceptors (Lipinski definition) is 3. The number of nitrogens with zero attached hydrogens (tertiary/aromatic N) is 3. The summed E-state index contributed by atoms with van der Waals surface area (Å²) in [5.74, 6) is -1.07. The van der Waals surface area contributed by atoms with Gasteiger partial charge in [-0.05, 0) is 18.1 Å². The summed E-state index contributed by atoms with van der Waals surface area (Å²) in [7, 11) is 0. The molecule has 0 amide bonds. The minimum atomic E-state index is -1.07. The monoisotopic (exact) mass is 293 g/mol. The molecule has 1 N–H and O–H groups in total. The summed E-state index contributed by atoms with van der Waals surface area (Å²) in [6, 6.07) is 17.3. The third-order valence-electron chi connectivity index (χ3n) is 3.57. The Balaban J connectivity index is 2.09. The van der Waals surface area contributed by atoms with Crippen molar-refractivity contribution in [2.24, 2.45) is 0 Å². The molecule has 0 aliphatic heterocycles. The molecule has 0 aliphatic rings. The van der Waals surface area contributed by atoms with Crippen LogP contribution in [0.4, 0.5) is 0 Å². The van der Waals surface area contributed by atoms with Crippen LogP contribution < -0.4 is 0 Å². The van der Waals surface area contributed by atoms with Gasteiger partial charge in [0.05, 0.1) is 6.54 Å². The zero-order valence-electron chi connectivity index (χ0n) is 12.1. The zero-order chi connectivity index (χ0) is 15.5. The van der Waals surface area contributed by atoms with Crippen molar-refractivity contribution in [3.63, 3.8) is 0 Å². The van der Waals surface area contributed by atoms with Crippen LogP contribution in [0.5, 0.6) is 0 Å². The van der Waals surface area contributed by atoms with Gasteiger partial charge in [-0.3, -0.25) is 0 Å². The largest absolute Gasteiger partial charge is 0.476 e. The predicted molar refractivity (Wildman–Crippen MR) is 82.7 cm³/mol. The van der Waals surface area contributed by atoms with Gasteiger partial charge in [-0.15, -0.1) is 5.10 Å². The summed E-state index contributed by atoms with van der Waals surface area (Å²) >= 11 is 0. The lowest BCUT2D eigenvalue weighted by Gasteiger charge is -2.09. The van der Waals surface area contributed by atoms with Gasteiger partial charge in [0.25, 0.3) is 0 Å². The van der Waals surface area contributed by atoms with Crippen molar-refractivity contribution in [1.29, 1.82) is 0 Å². The van der Waals surface area contributed by atoms with E-state index in [1.54, 1.807) is 4.68 Å². The van der Waals surface area contributed by atoms with Crippen LogP contribution >= 0.6 is 0 Å². The Morgan fingerprint density at radius 2 is 1.77 bits per heavy atom. The first-order valence-corrected chi connectivity index (χ1v) is 6.93. The van der Waals surface area contributed by atoms with E-state index in [1.165, 1.54) is 0 Å². The van der Waals surface area contributed by atoms with Crippen LogP contribution in [-0.2, 0) is 6.54 Å². The predicted octanol–water partition coefficient (Wildman–Crippen LogP) is 3.00. The standard InChI is InChI=1S/C17H15N3O2/c1-12-7-5-6-10-14(12)11-20-16(13-8-3-2-4-9-13)15(17(21)22)18-19-20/h2-10H,11H2,1H3,(H,21,22). The van der Waals surface area contributed by atoms with Gasteiger partial charge in [0.1, 0.15) is 5.69 Å². The molecule has 110 valence electrons. The number of rotatable bonds is 4. The Labute approximate surface area is 127 Å². The lowest BCUT2D eigenvalue weighted by molar-refractivity contribution is 0.0691. The number of hydrogen-bond donors (Lipinski definition) is 1. The van der Waals surface area contributed by atoms with Crippen LogP contribution in [0, 0.1) is 6.92 Å². The highest BCUT2D eigenvalue weighted by Crippen LogP contribution is 2.23. The van der Waals surface area contributed by atoms with Gasteiger partial charge in [0.15, 0.2) is 5.69 Å². The van der Waals surface area contributed by atoms with Crippen molar-refractivity contribution in [1.82, 2.24) is 15.0 Å². The molecule has 3 aromatic rings. The smallest absolute Gasteiger partial charge is 0.358 e. The second-order valence-corrected chi connectivity index (χ2v) is 5.04. The van der Waals surface area contributed by atoms with Gasteiger partial charge < -0.3 is 5.11 Å². The molecular formula is C17H15N3O2. The van der Waals surface area contributed by atoms with E-state index >= 15 is 0 Å². The van der Waals surface area contributed by atoms with E-state index < -0.39 is 5.97 Å². The number of aryl methyl sites for hydroxylation is 1. The van der Waals surface area contributed by atoms with E-state index in [1.807, 2.05) is 61.5 Å². The van der Waals surface area contributed by atoms with Crippen LogP contribution in [0.1, 0.15) is 21.6 Å². The molecule has 0 spiro atoms. The highest BCUT2D eigenvalue weighted by molar-refractivity contribution is 5.92. The SMILES string of the molecule is Cc1ccccc1Cn1nnc(C(=O)O)c1-c1ccccc1. The third-order valence-corrected chi connectivity index (χ3v) is 3.57. The van der Waals surface area contributed by atoms with Crippen LogP contribution in [0.15, 0.2) is 54.6 Å². The minimum Gasteiger partial charge on any atom is -0.476 e. The summed E-state index contributed by atoms with van der Waals surface area (Å²) in [6.45, 7) is 2.50. The maximum absolute atomic E-state index is 11.4. The fourth-order valence-electron chi connectivity index (χ4n) is 2.40. The van der Waals surface area contributed by atoms with Crippen molar-refractivity contribution in [3.05, 3.63) is 71.4 Å². The number of benzene rings is 2. The summed E-state index contributed by atoms with van der Waals surface area (Å²) in [5, 5.41) is 17.2. The molecule has 0 aliphatic carbocycles. The van der Waals surface area contributed by atoms with Crippen molar-refractivity contribution in [3.8, 4) is 11.3 Å². The number of carbonyl (C=O) groups is 1. The number of aromatic carboxylic acids is 1. The van der Waals surface area contributed by atoms with E-state index in [0.29, 0.717) is 12.2 Å². The van der Waals surface area contributed by atoms with E-state index in [-0.39, 0.29) is 5.69 Å². The van der Waals surface area contributed by atoms with Crippen molar-refractivity contribution < 1.29 is 9.90 Å². The molecule has 0 unspecified atom stereocenters. The normalized spacial score (nSPS) is 10.6. The van der Waals surface area contributed by atoms with Crippen LogP contribution in [0.3, 0.4) is 0 Å². The second-order valence-electron chi connectivity index (χ2n) is 5.04. The molecule has 5 nitrogen and oxygen atoms in total. The summed E-state index contributed by atoms with van der Waals surface area (Å²) < 4.78 is 1.64. The molecule has 2 aromatic carbocycles. The lowest BCUT2D eigenvalue weighted by Crippen LogP contribution is -2.07. The maximum Gasteiger partial charge on any atom is 0.358 e. The van der Waals surface area contributed by atoms with Crippen molar-refractivity contribution in [2.45, 2.75) is 13.5 Å². The molecular weight excluding hydrogens is 278 g/mol. The van der Waals surface area contributed by atoms with Gasteiger partial charge >= 0.3 is 5.97 Å². The Hall–Kier alpha value is -2.95. The fraction of sp³-hybridized carbons (Fsp3) is 0.118. The first kappa shape index (κ1) is 14.0. The van der Waals surface area contributed by atoms with Crippen LogP contribution in [0.25, 0.3) is 11.3 Å². The molecule has 22 heavy (non-hydrogen) atoms. The minimum absolute atomic E-state index is 0.0280. The van der Waals surface area contributed by atoms with Gasteiger partial charge in [-0.1, -0.05) is 59.8 Å².